The van der Waals surface area contributed by atoms with Gasteiger partial charge in [0.25, 0.3) is 0 Å². The number of hydrogen-bond donors (Lipinski definition) is 1. The summed E-state index contributed by atoms with van der Waals surface area (Å²) in [6.07, 6.45) is 0.232. The van der Waals surface area contributed by atoms with Gasteiger partial charge in [-0.05, 0) is 19.1 Å². The molecule has 4 nitrogen and oxygen atoms in total. The molecule has 0 spiro atoms. The average molecular weight is 303 g/mol. The van der Waals surface area contributed by atoms with Crippen molar-refractivity contribution in [3.05, 3.63) is 21.3 Å². The van der Waals surface area contributed by atoms with E-state index in [9.17, 15) is 4.79 Å². The zero-order valence-corrected chi connectivity index (χ0v) is 12.6. The zero-order valence-electron chi connectivity index (χ0n) is 11.0. The zero-order chi connectivity index (χ0) is 13.8. The van der Waals surface area contributed by atoms with Crippen molar-refractivity contribution in [1.82, 2.24) is 9.80 Å². The van der Waals surface area contributed by atoms with E-state index in [0.29, 0.717) is 12.6 Å². The van der Waals surface area contributed by atoms with Gasteiger partial charge in [-0.1, -0.05) is 11.6 Å². The summed E-state index contributed by atoms with van der Waals surface area (Å²) in [4.78, 5) is 16.5. The van der Waals surface area contributed by atoms with E-state index in [1.807, 2.05) is 6.07 Å². The number of nitrogens with zero attached hydrogens (tertiary/aromatic N) is 2. The van der Waals surface area contributed by atoms with Crippen LogP contribution < -0.4 is 0 Å². The minimum atomic E-state index is -0.718. The fourth-order valence-corrected chi connectivity index (χ4v) is 3.51. The molecule has 6 heteroatoms. The van der Waals surface area contributed by atoms with Crippen molar-refractivity contribution < 1.29 is 9.90 Å². The Kier molecular flexibility index (Phi) is 5.21. The molecule has 2 heterocycles. The summed E-state index contributed by atoms with van der Waals surface area (Å²) >= 11 is 7.61. The summed E-state index contributed by atoms with van der Waals surface area (Å²) in [6, 6.07) is 4.43. The normalized spacial score (nSPS) is 19.5. The van der Waals surface area contributed by atoms with Gasteiger partial charge in [-0.15, -0.1) is 11.3 Å². The second-order valence-corrected chi connectivity index (χ2v) is 6.59. The van der Waals surface area contributed by atoms with E-state index in [1.54, 1.807) is 11.3 Å². The molecule has 0 bridgehead atoms. The van der Waals surface area contributed by atoms with Crippen molar-refractivity contribution >= 4 is 28.9 Å². The molecule has 0 amide bonds. The van der Waals surface area contributed by atoms with Crippen molar-refractivity contribution in [2.75, 3.05) is 32.7 Å². The molecule has 0 aliphatic carbocycles. The molecule has 1 saturated heterocycles. The van der Waals surface area contributed by atoms with E-state index in [0.717, 1.165) is 30.5 Å². The minimum absolute atomic E-state index is 0.232. The van der Waals surface area contributed by atoms with Gasteiger partial charge in [-0.25, -0.2) is 0 Å². The first kappa shape index (κ1) is 14.8. The Morgan fingerprint density at radius 3 is 2.63 bits per heavy atom. The van der Waals surface area contributed by atoms with Crippen molar-refractivity contribution in [2.45, 2.75) is 19.4 Å². The standard InChI is InChI=1S/C13H19ClN2O2S/c1-10(11-2-3-12(14)19-11)16-8-6-15(7-9-16)5-4-13(17)18/h2-3,10H,4-9H2,1H3,(H,17,18). The SMILES string of the molecule is CC(c1ccc(Cl)s1)N1CCN(CCC(=O)O)CC1. The Balaban J connectivity index is 1.81. The Morgan fingerprint density at radius 1 is 1.42 bits per heavy atom. The number of piperazine rings is 1. The summed E-state index contributed by atoms with van der Waals surface area (Å²) < 4.78 is 0.835. The lowest BCUT2D eigenvalue weighted by atomic mass is 10.2. The van der Waals surface area contributed by atoms with Gasteiger partial charge in [-0.2, -0.15) is 0 Å². The Hall–Kier alpha value is -0.620. The number of carbonyl (C=O) groups is 1. The van der Waals surface area contributed by atoms with E-state index in [2.05, 4.69) is 22.8 Å². The predicted octanol–water partition coefficient (Wildman–Crippen LogP) is 2.55. The summed E-state index contributed by atoms with van der Waals surface area (Å²) in [5.74, 6) is -0.718. The van der Waals surface area contributed by atoms with Crippen molar-refractivity contribution in [3.8, 4) is 0 Å². The third-order valence-electron chi connectivity index (χ3n) is 3.60. The maximum Gasteiger partial charge on any atom is 0.304 e. The molecule has 0 radical (unpaired) electrons. The highest BCUT2D eigenvalue weighted by Crippen LogP contribution is 2.30. The van der Waals surface area contributed by atoms with Crippen LogP contribution in [0.15, 0.2) is 12.1 Å². The lowest BCUT2D eigenvalue weighted by Crippen LogP contribution is -2.47. The van der Waals surface area contributed by atoms with Crippen molar-refractivity contribution in [2.24, 2.45) is 0 Å². The van der Waals surface area contributed by atoms with Gasteiger partial charge in [0, 0.05) is 43.6 Å². The molecule has 1 aliphatic heterocycles. The van der Waals surface area contributed by atoms with Crippen LogP contribution in [-0.4, -0.2) is 53.6 Å². The lowest BCUT2D eigenvalue weighted by molar-refractivity contribution is -0.137. The molecule has 2 rings (SSSR count). The first-order chi connectivity index (χ1) is 9.06. The van der Waals surface area contributed by atoms with Crippen LogP contribution in [0, 0.1) is 0 Å². The summed E-state index contributed by atoms with van der Waals surface area (Å²) in [5, 5.41) is 8.69. The third-order valence-corrected chi connectivity index (χ3v) is 5.00. The molecule has 106 valence electrons. The lowest BCUT2D eigenvalue weighted by Gasteiger charge is -2.37. The topological polar surface area (TPSA) is 43.8 Å². The molecule has 0 aromatic carbocycles. The van der Waals surface area contributed by atoms with Gasteiger partial charge in [0.15, 0.2) is 0 Å². The number of rotatable bonds is 5. The molecule has 0 saturated carbocycles. The maximum atomic E-state index is 10.6. The van der Waals surface area contributed by atoms with Crippen LogP contribution in [0.3, 0.4) is 0 Å². The van der Waals surface area contributed by atoms with Crippen LogP contribution in [0.4, 0.5) is 0 Å². The van der Waals surface area contributed by atoms with Crippen LogP contribution in [0.25, 0.3) is 0 Å². The fourth-order valence-electron chi connectivity index (χ4n) is 2.36. The highest BCUT2D eigenvalue weighted by atomic mass is 35.5. The highest BCUT2D eigenvalue weighted by molar-refractivity contribution is 7.16. The maximum absolute atomic E-state index is 10.6. The monoisotopic (exact) mass is 302 g/mol. The number of carboxylic acid groups (broad SMARTS) is 1. The number of aliphatic carboxylic acids is 1. The smallest absolute Gasteiger partial charge is 0.304 e. The molecule has 1 N–H and O–H groups in total. The van der Waals surface area contributed by atoms with Gasteiger partial charge >= 0.3 is 5.97 Å². The number of thiophene rings is 1. The molecule has 1 atom stereocenters. The predicted molar refractivity (Wildman–Crippen MR) is 78.0 cm³/mol. The third kappa shape index (κ3) is 4.18. The van der Waals surface area contributed by atoms with Gasteiger partial charge in [0.05, 0.1) is 10.8 Å². The average Bonchev–Trinajstić information content (AvgIpc) is 2.83. The Labute approximate surface area is 122 Å². The molecule has 19 heavy (non-hydrogen) atoms. The first-order valence-electron chi connectivity index (χ1n) is 6.49. The Bertz CT molecular complexity index is 430. The number of hydrogen-bond acceptors (Lipinski definition) is 4. The van der Waals surface area contributed by atoms with Gasteiger partial charge in [-0.3, -0.25) is 9.69 Å². The van der Waals surface area contributed by atoms with Gasteiger partial charge in [0.2, 0.25) is 0 Å². The summed E-state index contributed by atoms with van der Waals surface area (Å²) in [5.41, 5.74) is 0. The molecule has 1 aromatic heterocycles. The van der Waals surface area contributed by atoms with Crippen molar-refractivity contribution in [1.29, 1.82) is 0 Å². The molecule has 1 unspecified atom stereocenters. The quantitative estimate of drug-likeness (QED) is 0.908. The van der Waals surface area contributed by atoms with E-state index in [-0.39, 0.29) is 6.42 Å². The van der Waals surface area contributed by atoms with Crippen LogP contribution in [0.5, 0.6) is 0 Å². The molecular formula is C13H19ClN2O2S. The first-order valence-corrected chi connectivity index (χ1v) is 7.69. The second kappa shape index (κ2) is 6.70. The number of halogens is 1. The van der Waals surface area contributed by atoms with Crippen LogP contribution >= 0.6 is 22.9 Å². The van der Waals surface area contributed by atoms with Crippen LogP contribution in [0.2, 0.25) is 4.34 Å². The van der Waals surface area contributed by atoms with Crippen LogP contribution in [0.1, 0.15) is 24.3 Å². The van der Waals surface area contributed by atoms with E-state index in [1.165, 1.54) is 4.88 Å². The summed E-state index contributed by atoms with van der Waals surface area (Å²) in [7, 11) is 0. The van der Waals surface area contributed by atoms with Crippen LogP contribution in [-0.2, 0) is 4.79 Å². The molecule has 1 fully saturated rings. The highest BCUT2D eigenvalue weighted by Gasteiger charge is 2.23. The minimum Gasteiger partial charge on any atom is -0.481 e. The molecule has 1 aliphatic rings. The van der Waals surface area contributed by atoms with E-state index in [4.69, 9.17) is 16.7 Å². The summed E-state index contributed by atoms with van der Waals surface area (Å²) in [6.45, 7) is 6.71. The van der Waals surface area contributed by atoms with E-state index >= 15 is 0 Å². The molecule has 1 aromatic rings. The Morgan fingerprint density at radius 2 is 2.11 bits per heavy atom. The van der Waals surface area contributed by atoms with Crippen molar-refractivity contribution in [3.63, 3.8) is 0 Å². The fraction of sp³-hybridized carbons (Fsp3) is 0.615. The number of carboxylic acids is 1. The van der Waals surface area contributed by atoms with Gasteiger partial charge < -0.3 is 10.0 Å². The largest absolute Gasteiger partial charge is 0.481 e. The van der Waals surface area contributed by atoms with E-state index < -0.39 is 5.97 Å². The van der Waals surface area contributed by atoms with Gasteiger partial charge in [0.1, 0.15) is 0 Å². The molecular weight excluding hydrogens is 284 g/mol. The second-order valence-electron chi connectivity index (χ2n) is 4.84.